The van der Waals surface area contributed by atoms with Crippen molar-refractivity contribution < 1.29 is 13.2 Å². The molecule has 6 heteroatoms. The monoisotopic (exact) mass is 358 g/mol. The van der Waals surface area contributed by atoms with Gasteiger partial charge in [0.2, 0.25) is 5.91 Å². The summed E-state index contributed by atoms with van der Waals surface area (Å²) in [6.07, 6.45) is 1.19. The maximum Gasteiger partial charge on any atom is 0.226 e. The van der Waals surface area contributed by atoms with Crippen LogP contribution in [0.15, 0.2) is 53.4 Å². The SMILES string of the molecule is Cc1ccc(C(NC(=O)C2CNC2)c2cccc(S(C)(=O)=O)c2)cc1. The van der Waals surface area contributed by atoms with Gasteiger partial charge in [0.25, 0.3) is 0 Å². The molecule has 1 fully saturated rings. The summed E-state index contributed by atoms with van der Waals surface area (Å²) in [7, 11) is -3.31. The molecule has 1 aliphatic heterocycles. The number of carbonyl (C=O) groups excluding carboxylic acids is 1. The second kappa shape index (κ2) is 6.98. The molecule has 2 aromatic rings. The van der Waals surface area contributed by atoms with Crippen molar-refractivity contribution >= 4 is 15.7 Å². The van der Waals surface area contributed by atoms with Crippen LogP contribution >= 0.6 is 0 Å². The second-order valence-corrected chi connectivity index (χ2v) is 8.57. The summed E-state index contributed by atoms with van der Waals surface area (Å²) in [5, 5.41) is 6.17. The molecule has 0 aliphatic carbocycles. The van der Waals surface area contributed by atoms with Crippen LogP contribution in [0.2, 0.25) is 0 Å². The Labute approximate surface area is 148 Å². The molecule has 0 spiro atoms. The molecule has 1 heterocycles. The molecule has 0 saturated carbocycles. The molecule has 2 N–H and O–H groups in total. The third-order valence-corrected chi connectivity index (χ3v) is 5.58. The van der Waals surface area contributed by atoms with Gasteiger partial charge in [0, 0.05) is 19.3 Å². The molecule has 1 aliphatic rings. The van der Waals surface area contributed by atoms with E-state index in [1.165, 1.54) is 6.26 Å². The number of carbonyl (C=O) groups is 1. The van der Waals surface area contributed by atoms with Crippen LogP contribution in [-0.4, -0.2) is 33.7 Å². The number of hydrogen-bond acceptors (Lipinski definition) is 4. The maximum atomic E-state index is 12.5. The van der Waals surface area contributed by atoms with E-state index in [2.05, 4.69) is 10.6 Å². The maximum absolute atomic E-state index is 12.5. The first-order chi connectivity index (χ1) is 11.8. The lowest BCUT2D eigenvalue weighted by Gasteiger charge is -2.29. The van der Waals surface area contributed by atoms with Crippen LogP contribution < -0.4 is 10.6 Å². The Morgan fingerprint density at radius 1 is 1.12 bits per heavy atom. The van der Waals surface area contributed by atoms with Crippen LogP contribution in [0.3, 0.4) is 0 Å². The highest BCUT2D eigenvalue weighted by molar-refractivity contribution is 7.90. The van der Waals surface area contributed by atoms with Gasteiger partial charge in [-0.15, -0.1) is 0 Å². The van der Waals surface area contributed by atoms with E-state index in [4.69, 9.17) is 0 Å². The Kier molecular flexibility index (Phi) is 4.92. The van der Waals surface area contributed by atoms with E-state index in [0.29, 0.717) is 13.1 Å². The first kappa shape index (κ1) is 17.6. The fourth-order valence-electron chi connectivity index (χ4n) is 2.78. The Hall–Kier alpha value is -2.18. The fraction of sp³-hybridized carbons (Fsp3) is 0.316. The molecule has 25 heavy (non-hydrogen) atoms. The van der Waals surface area contributed by atoms with Crippen LogP contribution in [0.4, 0.5) is 0 Å². The topological polar surface area (TPSA) is 75.3 Å². The number of aryl methyl sites for hydroxylation is 1. The standard InChI is InChI=1S/C19H22N2O3S/c1-13-6-8-14(9-7-13)18(21-19(22)16-11-20-12-16)15-4-3-5-17(10-15)25(2,23)24/h3-10,16,18,20H,11-12H2,1-2H3,(H,21,22). The number of nitrogens with one attached hydrogen (secondary N) is 2. The zero-order valence-electron chi connectivity index (χ0n) is 14.3. The van der Waals surface area contributed by atoms with Gasteiger partial charge in [-0.25, -0.2) is 8.42 Å². The lowest BCUT2D eigenvalue weighted by Crippen LogP contribution is -2.51. The molecule has 1 unspecified atom stereocenters. The van der Waals surface area contributed by atoms with Gasteiger partial charge in [-0.1, -0.05) is 42.0 Å². The Morgan fingerprint density at radius 3 is 2.36 bits per heavy atom. The van der Waals surface area contributed by atoms with Crippen LogP contribution in [-0.2, 0) is 14.6 Å². The highest BCUT2D eigenvalue weighted by Gasteiger charge is 2.28. The van der Waals surface area contributed by atoms with Crippen molar-refractivity contribution in [2.24, 2.45) is 5.92 Å². The predicted octanol–water partition coefficient (Wildman–Crippen LogP) is 1.82. The fourth-order valence-corrected chi connectivity index (χ4v) is 3.45. The van der Waals surface area contributed by atoms with Gasteiger partial charge in [-0.05, 0) is 30.2 Å². The highest BCUT2D eigenvalue weighted by atomic mass is 32.2. The van der Waals surface area contributed by atoms with Crippen LogP contribution in [0, 0.1) is 12.8 Å². The van der Waals surface area contributed by atoms with E-state index in [-0.39, 0.29) is 22.8 Å². The summed E-state index contributed by atoms with van der Waals surface area (Å²) in [6, 6.07) is 14.3. The molecule has 132 valence electrons. The van der Waals surface area contributed by atoms with Gasteiger partial charge in [0.15, 0.2) is 9.84 Å². The molecule has 0 aromatic heterocycles. The van der Waals surface area contributed by atoms with Crippen LogP contribution in [0.1, 0.15) is 22.7 Å². The first-order valence-corrected chi connectivity index (χ1v) is 10.1. The molecular formula is C19H22N2O3S. The van der Waals surface area contributed by atoms with E-state index in [9.17, 15) is 13.2 Å². The van der Waals surface area contributed by atoms with Gasteiger partial charge < -0.3 is 10.6 Å². The van der Waals surface area contributed by atoms with Crippen molar-refractivity contribution in [3.05, 3.63) is 65.2 Å². The minimum Gasteiger partial charge on any atom is -0.345 e. The molecular weight excluding hydrogens is 336 g/mol. The lowest BCUT2D eigenvalue weighted by molar-refractivity contribution is -0.126. The van der Waals surface area contributed by atoms with Gasteiger partial charge >= 0.3 is 0 Å². The van der Waals surface area contributed by atoms with E-state index in [0.717, 1.165) is 16.7 Å². The molecule has 5 nitrogen and oxygen atoms in total. The lowest BCUT2D eigenvalue weighted by atomic mass is 9.95. The predicted molar refractivity (Wildman–Crippen MR) is 97.1 cm³/mol. The third-order valence-electron chi connectivity index (χ3n) is 4.47. The quantitative estimate of drug-likeness (QED) is 0.855. The summed E-state index contributed by atoms with van der Waals surface area (Å²) in [6.45, 7) is 3.35. The molecule has 3 rings (SSSR count). The summed E-state index contributed by atoms with van der Waals surface area (Å²) in [5.41, 5.74) is 2.81. The van der Waals surface area contributed by atoms with E-state index < -0.39 is 9.84 Å². The third kappa shape index (κ3) is 4.08. The largest absolute Gasteiger partial charge is 0.345 e. The van der Waals surface area contributed by atoms with Gasteiger partial charge in [-0.3, -0.25) is 4.79 Å². The molecule has 2 aromatic carbocycles. The van der Waals surface area contributed by atoms with E-state index >= 15 is 0 Å². The normalized spacial score (nSPS) is 16.1. The molecule has 0 bridgehead atoms. The number of sulfone groups is 1. The van der Waals surface area contributed by atoms with Crippen molar-refractivity contribution in [3.63, 3.8) is 0 Å². The van der Waals surface area contributed by atoms with Crippen LogP contribution in [0.5, 0.6) is 0 Å². The Bertz CT molecular complexity index is 872. The van der Waals surface area contributed by atoms with Crippen molar-refractivity contribution in [2.75, 3.05) is 19.3 Å². The Balaban J connectivity index is 1.98. The van der Waals surface area contributed by atoms with E-state index in [1.807, 2.05) is 37.3 Å². The smallest absolute Gasteiger partial charge is 0.226 e. The second-order valence-electron chi connectivity index (χ2n) is 6.55. The van der Waals surface area contributed by atoms with Crippen molar-refractivity contribution in [3.8, 4) is 0 Å². The molecule has 1 saturated heterocycles. The Morgan fingerprint density at radius 2 is 1.80 bits per heavy atom. The zero-order valence-corrected chi connectivity index (χ0v) is 15.1. The van der Waals surface area contributed by atoms with Gasteiger partial charge in [0.05, 0.1) is 16.9 Å². The van der Waals surface area contributed by atoms with Gasteiger partial charge in [-0.2, -0.15) is 0 Å². The number of amides is 1. The summed E-state index contributed by atoms with van der Waals surface area (Å²) >= 11 is 0. The number of rotatable bonds is 5. The van der Waals surface area contributed by atoms with E-state index in [1.54, 1.807) is 18.2 Å². The van der Waals surface area contributed by atoms with Crippen molar-refractivity contribution in [1.82, 2.24) is 10.6 Å². The van der Waals surface area contributed by atoms with Crippen LogP contribution in [0.25, 0.3) is 0 Å². The number of hydrogen-bond donors (Lipinski definition) is 2. The molecule has 0 radical (unpaired) electrons. The minimum absolute atomic E-state index is 0.0194. The average molecular weight is 358 g/mol. The van der Waals surface area contributed by atoms with Crippen molar-refractivity contribution in [1.29, 1.82) is 0 Å². The summed E-state index contributed by atoms with van der Waals surface area (Å²) in [5.74, 6) is -0.0554. The highest BCUT2D eigenvalue weighted by Crippen LogP contribution is 2.25. The summed E-state index contributed by atoms with van der Waals surface area (Å²) < 4.78 is 23.8. The number of benzene rings is 2. The average Bonchev–Trinajstić information content (AvgIpc) is 2.51. The summed E-state index contributed by atoms with van der Waals surface area (Å²) in [4.78, 5) is 12.7. The minimum atomic E-state index is -3.31. The molecule has 1 amide bonds. The first-order valence-electron chi connectivity index (χ1n) is 8.22. The van der Waals surface area contributed by atoms with Crippen molar-refractivity contribution in [2.45, 2.75) is 17.9 Å². The van der Waals surface area contributed by atoms with Gasteiger partial charge in [0.1, 0.15) is 0 Å². The zero-order chi connectivity index (χ0) is 18.0. The molecule has 1 atom stereocenters.